The summed E-state index contributed by atoms with van der Waals surface area (Å²) in [6.07, 6.45) is 10.1. The SMILES string of the molecule is C=C(CCCC)N1CCN(C)CC1N.C=Cc1ccc2c(Cl)c3c(nc2c1)CCCC3. The van der Waals surface area contributed by atoms with Crippen molar-refractivity contribution in [3.8, 4) is 0 Å². The Bertz CT molecular complexity index is 923. The molecule has 1 aromatic heterocycles. The van der Waals surface area contributed by atoms with Crippen molar-refractivity contribution in [3.63, 3.8) is 0 Å². The summed E-state index contributed by atoms with van der Waals surface area (Å²) >= 11 is 6.49. The number of halogens is 1. The van der Waals surface area contributed by atoms with E-state index in [4.69, 9.17) is 22.3 Å². The molecule has 1 atom stereocenters. The van der Waals surface area contributed by atoms with Gasteiger partial charge in [-0.2, -0.15) is 0 Å². The van der Waals surface area contributed by atoms with Crippen LogP contribution in [-0.4, -0.2) is 47.6 Å². The van der Waals surface area contributed by atoms with E-state index in [1.54, 1.807) is 0 Å². The van der Waals surface area contributed by atoms with Crippen molar-refractivity contribution in [2.24, 2.45) is 5.73 Å². The number of hydrogen-bond acceptors (Lipinski definition) is 4. The number of likely N-dealkylation sites (N-methyl/N-ethyl adjacent to an activating group) is 1. The standard InChI is InChI=1S/C15H14ClN.C11H23N3/c1-2-10-7-8-12-14(9-10)17-13-6-4-3-5-11(13)15(12)16;1-4-5-6-10(2)14-8-7-13(3)9-11(14)12/h2,7-9H,1,3-6H2;11H,2,4-9,12H2,1,3H3. The Balaban J connectivity index is 0.000000180. The van der Waals surface area contributed by atoms with Gasteiger partial charge in [0.2, 0.25) is 0 Å². The Morgan fingerprint density at radius 3 is 2.77 bits per heavy atom. The lowest BCUT2D eigenvalue weighted by molar-refractivity contribution is 0.121. The number of nitrogens with zero attached hydrogens (tertiary/aromatic N) is 3. The van der Waals surface area contributed by atoms with Crippen LogP contribution in [0.15, 0.2) is 37.1 Å². The van der Waals surface area contributed by atoms with Crippen LogP contribution in [0.3, 0.4) is 0 Å². The van der Waals surface area contributed by atoms with Gasteiger partial charge in [0, 0.05) is 36.4 Å². The van der Waals surface area contributed by atoms with Gasteiger partial charge in [0.05, 0.1) is 16.7 Å². The van der Waals surface area contributed by atoms with Crippen LogP contribution in [0.4, 0.5) is 0 Å². The molecule has 2 N–H and O–H groups in total. The van der Waals surface area contributed by atoms with Crippen molar-refractivity contribution in [1.29, 1.82) is 0 Å². The lowest BCUT2D eigenvalue weighted by Gasteiger charge is -2.40. The summed E-state index contributed by atoms with van der Waals surface area (Å²) in [5.74, 6) is 0. The van der Waals surface area contributed by atoms with E-state index in [0.29, 0.717) is 0 Å². The van der Waals surface area contributed by atoms with Gasteiger partial charge in [0.15, 0.2) is 0 Å². The van der Waals surface area contributed by atoms with Crippen LogP contribution in [-0.2, 0) is 12.8 Å². The first-order chi connectivity index (χ1) is 14.9. The molecule has 5 heteroatoms. The molecular formula is C26H37ClN4. The number of hydrogen-bond donors (Lipinski definition) is 1. The van der Waals surface area contributed by atoms with Crippen molar-refractivity contribution in [2.45, 2.75) is 58.0 Å². The minimum absolute atomic E-state index is 0.137. The monoisotopic (exact) mass is 440 g/mol. The van der Waals surface area contributed by atoms with Crippen molar-refractivity contribution in [2.75, 3.05) is 26.7 Å². The molecule has 4 rings (SSSR count). The highest BCUT2D eigenvalue weighted by molar-refractivity contribution is 6.36. The zero-order valence-corrected chi connectivity index (χ0v) is 19.9. The van der Waals surface area contributed by atoms with Gasteiger partial charge in [-0.25, -0.2) is 0 Å². The maximum absolute atomic E-state index is 6.49. The van der Waals surface area contributed by atoms with E-state index in [2.05, 4.69) is 49.1 Å². The molecule has 0 radical (unpaired) electrons. The van der Waals surface area contributed by atoms with E-state index in [9.17, 15) is 0 Å². The van der Waals surface area contributed by atoms with E-state index in [-0.39, 0.29) is 6.17 Å². The Kier molecular flexibility index (Phi) is 8.53. The molecule has 1 fully saturated rings. The maximum Gasteiger partial charge on any atom is 0.0897 e. The normalized spacial score (nSPS) is 18.8. The number of rotatable bonds is 5. The molecule has 0 saturated carbocycles. The van der Waals surface area contributed by atoms with Crippen molar-refractivity contribution in [3.05, 3.63) is 58.9 Å². The highest BCUT2D eigenvalue weighted by atomic mass is 35.5. The maximum atomic E-state index is 6.49. The number of benzene rings is 1. The number of unbranched alkanes of at least 4 members (excludes halogenated alkanes) is 1. The predicted molar refractivity (Wildman–Crippen MR) is 134 cm³/mol. The molecule has 1 aliphatic heterocycles. The van der Waals surface area contributed by atoms with Crippen molar-refractivity contribution >= 4 is 28.6 Å². The molecule has 1 unspecified atom stereocenters. The lowest BCUT2D eigenvalue weighted by atomic mass is 9.94. The number of piperazine rings is 1. The van der Waals surface area contributed by atoms with Gasteiger partial charge < -0.3 is 15.5 Å². The highest BCUT2D eigenvalue weighted by Crippen LogP contribution is 2.33. The summed E-state index contributed by atoms with van der Waals surface area (Å²) in [4.78, 5) is 9.28. The first-order valence-electron chi connectivity index (χ1n) is 11.6. The van der Waals surface area contributed by atoms with Gasteiger partial charge >= 0.3 is 0 Å². The van der Waals surface area contributed by atoms with Crippen molar-refractivity contribution in [1.82, 2.24) is 14.8 Å². The fraction of sp³-hybridized carbons (Fsp3) is 0.500. The Morgan fingerprint density at radius 2 is 2.06 bits per heavy atom. The fourth-order valence-electron chi connectivity index (χ4n) is 4.38. The molecule has 4 nitrogen and oxygen atoms in total. The molecule has 1 aromatic carbocycles. The van der Waals surface area contributed by atoms with Crippen LogP contribution in [0, 0.1) is 0 Å². The van der Waals surface area contributed by atoms with Crippen LogP contribution < -0.4 is 5.73 Å². The number of aromatic nitrogens is 1. The van der Waals surface area contributed by atoms with Crippen LogP contribution in [0.25, 0.3) is 17.0 Å². The zero-order valence-electron chi connectivity index (χ0n) is 19.2. The molecule has 1 aliphatic carbocycles. The highest BCUT2D eigenvalue weighted by Gasteiger charge is 2.22. The second-order valence-corrected chi connectivity index (χ2v) is 9.11. The van der Waals surface area contributed by atoms with E-state index in [1.165, 1.54) is 42.6 Å². The third-order valence-corrected chi connectivity index (χ3v) is 6.73. The van der Waals surface area contributed by atoms with E-state index < -0.39 is 0 Å². The molecule has 0 spiro atoms. The van der Waals surface area contributed by atoms with Gasteiger partial charge in [-0.15, -0.1) is 0 Å². The largest absolute Gasteiger partial charge is 0.358 e. The number of pyridine rings is 1. The average molecular weight is 441 g/mol. The molecule has 1 saturated heterocycles. The number of nitrogens with two attached hydrogens (primary N) is 1. The lowest BCUT2D eigenvalue weighted by Crippen LogP contribution is -2.55. The Hall–Kier alpha value is -1.88. The number of fused-ring (bicyclic) bond motifs is 2. The Labute approximate surface area is 192 Å². The van der Waals surface area contributed by atoms with Gasteiger partial charge in [0.1, 0.15) is 0 Å². The molecule has 0 bridgehead atoms. The fourth-order valence-corrected chi connectivity index (χ4v) is 4.74. The van der Waals surface area contributed by atoms with E-state index in [0.717, 1.165) is 60.4 Å². The summed E-state index contributed by atoms with van der Waals surface area (Å²) in [7, 11) is 2.12. The molecule has 2 aliphatic rings. The summed E-state index contributed by atoms with van der Waals surface area (Å²) < 4.78 is 0. The average Bonchev–Trinajstić information content (AvgIpc) is 2.77. The van der Waals surface area contributed by atoms with Crippen LogP contribution in [0.2, 0.25) is 5.02 Å². The van der Waals surface area contributed by atoms with Crippen molar-refractivity contribution < 1.29 is 0 Å². The van der Waals surface area contributed by atoms with Gasteiger partial charge in [-0.05, 0) is 62.8 Å². The zero-order chi connectivity index (χ0) is 22.4. The third kappa shape index (κ3) is 5.88. The van der Waals surface area contributed by atoms with E-state index in [1.807, 2.05) is 12.1 Å². The van der Waals surface area contributed by atoms with E-state index >= 15 is 0 Å². The first-order valence-corrected chi connectivity index (χ1v) is 11.9. The molecule has 2 aromatic rings. The quantitative estimate of drug-likeness (QED) is 0.654. The van der Waals surface area contributed by atoms with Gasteiger partial charge in [-0.3, -0.25) is 4.98 Å². The van der Waals surface area contributed by atoms with Crippen LogP contribution >= 0.6 is 11.6 Å². The van der Waals surface area contributed by atoms with Crippen LogP contribution in [0.1, 0.15) is 55.8 Å². The summed E-state index contributed by atoms with van der Waals surface area (Å²) in [5, 5.41) is 1.97. The molecular weight excluding hydrogens is 404 g/mol. The summed E-state index contributed by atoms with van der Waals surface area (Å²) in [5.41, 5.74) is 11.8. The van der Waals surface area contributed by atoms with Gasteiger partial charge in [0.25, 0.3) is 0 Å². The number of aryl methyl sites for hydroxylation is 1. The predicted octanol–water partition coefficient (Wildman–Crippen LogP) is 5.63. The second-order valence-electron chi connectivity index (χ2n) is 8.73. The molecule has 168 valence electrons. The molecule has 31 heavy (non-hydrogen) atoms. The van der Waals surface area contributed by atoms with Gasteiger partial charge in [-0.1, -0.05) is 56.3 Å². The summed E-state index contributed by atoms with van der Waals surface area (Å²) in [6, 6.07) is 6.15. The topological polar surface area (TPSA) is 45.4 Å². The first kappa shape index (κ1) is 23.8. The van der Waals surface area contributed by atoms with Crippen LogP contribution in [0.5, 0.6) is 0 Å². The second kappa shape index (κ2) is 11.1. The molecule has 2 heterocycles. The number of allylic oxidation sites excluding steroid dienone is 1. The third-order valence-electron chi connectivity index (χ3n) is 6.30. The molecule has 0 amide bonds. The smallest absolute Gasteiger partial charge is 0.0897 e. The minimum Gasteiger partial charge on any atom is -0.358 e. The Morgan fingerprint density at radius 1 is 1.29 bits per heavy atom. The summed E-state index contributed by atoms with van der Waals surface area (Å²) in [6.45, 7) is 13.2. The minimum atomic E-state index is 0.137.